The molecule has 1 aromatic carbocycles. The van der Waals surface area contributed by atoms with Crippen LogP contribution in [0.2, 0.25) is 0 Å². The van der Waals surface area contributed by atoms with E-state index in [-0.39, 0.29) is 5.91 Å². The third-order valence-corrected chi connectivity index (χ3v) is 3.34. The van der Waals surface area contributed by atoms with Crippen LogP contribution in [0.4, 0.5) is 11.4 Å². The molecule has 0 spiro atoms. The highest BCUT2D eigenvalue weighted by atomic mass is 79.9. The van der Waals surface area contributed by atoms with E-state index in [0.717, 1.165) is 10.2 Å². The van der Waals surface area contributed by atoms with Gasteiger partial charge in [0.15, 0.2) is 0 Å². The van der Waals surface area contributed by atoms with Crippen LogP contribution in [0.3, 0.4) is 0 Å². The van der Waals surface area contributed by atoms with E-state index >= 15 is 0 Å². The molecule has 0 bridgehead atoms. The quantitative estimate of drug-likeness (QED) is 0.928. The molecule has 0 aliphatic heterocycles. The summed E-state index contributed by atoms with van der Waals surface area (Å²) in [6, 6.07) is 10.6. The Morgan fingerprint density at radius 3 is 2.76 bits per heavy atom. The van der Waals surface area contributed by atoms with Crippen LogP contribution in [0.1, 0.15) is 16.1 Å². The van der Waals surface area contributed by atoms with E-state index in [0.29, 0.717) is 16.9 Å². The topological polar surface area (TPSA) is 69.0 Å². The Morgan fingerprint density at radius 1 is 1.33 bits per heavy atom. The minimum Gasteiger partial charge on any atom is -0.378 e. The maximum Gasteiger partial charge on any atom is 0.274 e. The molecule has 0 radical (unpaired) electrons. The highest BCUT2D eigenvalue weighted by Crippen LogP contribution is 2.21. The molecule has 21 heavy (non-hydrogen) atoms. The number of nitrogens with zero attached hydrogens (tertiary/aromatic N) is 3. The SMILES string of the molecule is CN(C)c1ccnc(C(=O)Nc2cc(Br)ccc2C#N)c1. The van der Waals surface area contributed by atoms with Crippen LogP contribution < -0.4 is 10.2 Å². The van der Waals surface area contributed by atoms with Gasteiger partial charge in [-0.05, 0) is 30.3 Å². The average Bonchev–Trinajstić information content (AvgIpc) is 2.47. The Kier molecular flexibility index (Phi) is 4.55. The summed E-state index contributed by atoms with van der Waals surface area (Å²) in [4.78, 5) is 18.2. The number of nitrogens with one attached hydrogen (secondary N) is 1. The van der Waals surface area contributed by atoms with E-state index in [2.05, 4.69) is 26.2 Å². The number of carbonyl (C=O) groups is 1. The number of amides is 1. The molecule has 0 saturated heterocycles. The van der Waals surface area contributed by atoms with Crippen molar-refractivity contribution >= 4 is 33.2 Å². The van der Waals surface area contributed by atoms with Crippen LogP contribution in [0.25, 0.3) is 0 Å². The molecule has 6 heteroatoms. The molecule has 106 valence electrons. The van der Waals surface area contributed by atoms with Gasteiger partial charge in [-0.25, -0.2) is 0 Å². The third kappa shape index (κ3) is 3.58. The van der Waals surface area contributed by atoms with Gasteiger partial charge in [-0.3, -0.25) is 9.78 Å². The second-order valence-electron chi connectivity index (χ2n) is 4.55. The molecule has 1 heterocycles. The molecule has 1 N–H and O–H groups in total. The Morgan fingerprint density at radius 2 is 2.10 bits per heavy atom. The van der Waals surface area contributed by atoms with E-state index < -0.39 is 0 Å². The van der Waals surface area contributed by atoms with Crippen molar-refractivity contribution in [1.29, 1.82) is 5.26 Å². The van der Waals surface area contributed by atoms with E-state index in [9.17, 15) is 4.79 Å². The number of halogens is 1. The Bertz CT molecular complexity index is 722. The fourth-order valence-electron chi connectivity index (χ4n) is 1.73. The lowest BCUT2D eigenvalue weighted by Gasteiger charge is -2.13. The van der Waals surface area contributed by atoms with Crippen LogP contribution >= 0.6 is 15.9 Å². The molecule has 0 fully saturated rings. The number of benzene rings is 1. The number of aromatic nitrogens is 1. The maximum atomic E-state index is 12.3. The zero-order valence-electron chi connectivity index (χ0n) is 11.6. The molecule has 2 aromatic rings. The fraction of sp³-hybridized carbons (Fsp3) is 0.133. The van der Waals surface area contributed by atoms with Crippen LogP contribution in [-0.4, -0.2) is 25.0 Å². The standard InChI is InChI=1S/C15H13BrN4O/c1-20(2)12-5-6-18-14(8-12)15(21)19-13-7-11(16)4-3-10(13)9-17/h3-8H,1-2H3,(H,19,21). The summed E-state index contributed by atoms with van der Waals surface area (Å²) in [7, 11) is 3.78. The average molecular weight is 345 g/mol. The highest BCUT2D eigenvalue weighted by molar-refractivity contribution is 9.10. The lowest BCUT2D eigenvalue weighted by atomic mass is 10.2. The van der Waals surface area contributed by atoms with Crippen LogP contribution in [-0.2, 0) is 0 Å². The van der Waals surface area contributed by atoms with Crippen LogP contribution in [0.5, 0.6) is 0 Å². The Hall–Kier alpha value is -2.39. The maximum absolute atomic E-state index is 12.3. The number of anilines is 2. The first-order valence-corrected chi connectivity index (χ1v) is 6.95. The van der Waals surface area contributed by atoms with Crippen molar-refractivity contribution in [3.05, 3.63) is 52.3 Å². The summed E-state index contributed by atoms with van der Waals surface area (Å²) >= 11 is 3.32. The van der Waals surface area contributed by atoms with E-state index in [4.69, 9.17) is 5.26 Å². The predicted octanol–water partition coefficient (Wildman–Crippen LogP) is 3.03. The van der Waals surface area contributed by atoms with Crippen molar-refractivity contribution in [2.75, 3.05) is 24.3 Å². The van der Waals surface area contributed by atoms with Gasteiger partial charge in [0, 0.05) is 30.5 Å². The number of pyridine rings is 1. The van der Waals surface area contributed by atoms with Crippen molar-refractivity contribution < 1.29 is 4.79 Å². The molecule has 0 aliphatic carbocycles. The molecule has 0 unspecified atom stereocenters. The van der Waals surface area contributed by atoms with Gasteiger partial charge < -0.3 is 10.2 Å². The number of hydrogen-bond donors (Lipinski definition) is 1. The molecule has 1 aromatic heterocycles. The van der Waals surface area contributed by atoms with E-state index in [1.165, 1.54) is 0 Å². The minimum atomic E-state index is -0.353. The first kappa shape index (κ1) is 15.0. The Balaban J connectivity index is 2.28. The number of nitriles is 1. The molecular weight excluding hydrogens is 332 g/mol. The normalized spacial score (nSPS) is 9.81. The molecule has 2 rings (SSSR count). The second kappa shape index (κ2) is 6.37. The van der Waals surface area contributed by atoms with Gasteiger partial charge in [-0.15, -0.1) is 0 Å². The van der Waals surface area contributed by atoms with E-state index in [1.54, 1.807) is 30.5 Å². The van der Waals surface area contributed by atoms with Crippen LogP contribution in [0, 0.1) is 11.3 Å². The predicted molar refractivity (Wildman–Crippen MR) is 85.4 cm³/mol. The van der Waals surface area contributed by atoms with Gasteiger partial charge in [0.1, 0.15) is 11.8 Å². The molecule has 1 amide bonds. The lowest BCUT2D eigenvalue weighted by molar-refractivity contribution is 0.102. The first-order chi connectivity index (χ1) is 10.0. The smallest absolute Gasteiger partial charge is 0.274 e. The number of carbonyl (C=O) groups excluding carboxylic acids is 1. The summed E-state index contributed by atoms with van der Waals surface area (Å²) in [5.41, 5.74) is 2.03. The first-order valence-electron chi connectivity index (χ1n) is 6.15. The summed E-state index contributed by atoms with van der Waals surface area (Å²) in [6.45, 7) is 0. The van der Waals surface area contributed by atoms with Crippen molar-refractivity contribution in [2.24, 2.45) is 0 Å². The van der Waals surface area contributed by atoms with Gasteiger partial charge in [0.2, 0.25) is 0 Å². The highest BCUT2D eigenvalue weighted by Gasteiger charge is 2.12. The summed E-state index contributed by atoms with van der Waals surface area (Å²) in [5, 5.41) is 11.8. The number of hydrogen-bond acceptors (Lipinski definition) is 4. The van der Waals surface area contributed by atoms with Gasteiger partial charge in [0.25, 0.3) is 5.91 Å². The zero-order chi connectivity index (χ0) is 15.4. The van der Waals surface area contributed by atoms with Crippen molar-refractivity contribution in [2.45, 2.75) is 0 Å². The number of rotatable bonds is 3. The van der Waals surface area contributed by atoms with Crippen molar-refractivity contribution in [3.8, 4) is 6.07 Å². The molecular formula is C15H13BrN4O. The Labute approximate surface area is 131 Å². The van der Waals surface area contributed by atoms with Crippen molar-refractivity contribution in [3.63, 3.8) is 0 Å². The summed E-state index contributed by atoms with van der Waals surface area (Å²) in [6.07, 6.45) is 1.58. The van der Waals surface area contributed by atoms with Gasteiger partial charge in [-0.1, -0.05) is 15.9 Å². The molecule has 5 nitrogen and oxygen atoms in total. The summed E-state index contributed by atoms with van der Waals surface area (Å²) in [5.74, 6) is -0.353. The lowest BCUT2D eigenvalue weighted by Crippen LogP contribution is -2.16. The second-order valence-corrected chi connectivity index (χ2v) is 5.47. The zero-order valence-corrected chi connectivity index (χ0v) is 13.2. The van der Waals surface area contributed by atoms with E-state index in [1.807, 2.05) is 31.1 Å². The van der Waals surface area contributed by atoms with Gasteiger partial charge in [0.05, 0.1) is 11.3 Å². The summed E-state index contributed by atoms with van der Waals surface area (Å²) < 4.78 is 0.784. The molecule has 0 aliphatic rings. The van der Waals surface area contributed by atoms with Crippen molar-refractivity contribution in [1.82, 2.24) is 4.98 Å². The monoisotopic (exact) mass is 344 g/mol. The minimum absolute atomic E-state index is 0.296. The largest absolute Gasteiger partial charge is 0.378 e. The fourth-order valence-corrected chi connectivity index (χ4v) is 2.09. The molecule has 0 saturated carbocycles. The van der Waals surface area contributed by atoms with Gasteiger partial charge >= 0.3 is 0 Å². The molecule has 0 atom stereocenters. The third-order valence-electron chi connectivity index (χ3n) is 2.84. The van der Waals surface area contributed by atoms with Gasteiger partial charge in [-0.2, -0.15) is 5.26 Å². The van der Waals surface area contributed by atoms with Crippen LogP contribution in [0.15, 0.2) is 41.0 Å².